The number of benzene rings is 1. The van der Waals surface area contributed by atoms with Gasteiger partial charge in [-0.25, -0.2) is 13.8 Å². The van der Waals surface area contributed by atoms with Gasteiger partial charge in [0.1, 0.15) is 17.9 Å². The first-order valence-corrected chi connectivity index (χ1v) is 10.4. The first kappa shape index (κ1) is 21.3. The molecule has 9 heteroatoms. The predicted molar refractivity (Wildman–Crippen MR) is 111 cm³/mol. The van der Waals surface area contributed by atoms with Crippen molar-refractivity contribution in [1.82, 2.24) is 19.7 Å². The van der Waals surface area contributed by atoms with E-state index < -0.39 is 11.6 Å². The minimum absolute atomic E-state index is 0.0602. The van der Waals surface area contributed by atoms with Gasteiger partial charge in [-0.15, -0.1) is 0 Å². The van der Waals surface area contributed by atoms with Gasteiger partial charge in [0.2, 0.25) is 0 Å². The van der Waals surface area contributed by atoms with E-state index in [-0.39, 0.29) is 18.0 Å². The fourth-order valence-electron chi connectivity index (χ4n) is 3.22. The fraction of sp³-hybridized carbons (Fsp3) is 0.450. The third-order valence-corrected chi connectivity index (χ3v) is 5.88. The number of halogens is 2. The van der Waals surface area contributed by atoms with E-state index in [4.69, 9.17) is 0 Å². The molecule has 2 aromatic heterocycles. The molecular weight excluding hydrogens is 396 g/mol. The number of likely N-dealkylation sites (N-methyl/N-ethyl adjacent to an activating group) is 1. The standard InChI is InChI=1S/C20H25F2N5OS/c1-5-25(6-2)7-8-26(18(28)12-27-14(4)9-13(3)24-27)20-23-19-16(22)10-15(21)11-17(19)29-20/h9-11H,5-8,12H2,1-4H3. The minimum atomic E-state index is -0.725. The van der Waals surface area contributed by atoms with Gasteiger partial charge in [-0.1, -0.05) is 25.2 Å². The predicted octanol–water partition coefficient (Wildman–Crippen LogP) is 3.76. The molecule has 6 nitrogen and oxygen atoms in total. The van der Waals surface area contributed by atoms with Crippen LogP contribution >= 0.6 is 11.3 Å². The summed E-state index contributed by atoms with van der Waals surface area (Å²) in [6.07, 6.45) is 0. The van der Waals surface area contributed by atoms with Crippen molar-refractivity contribution >= 4 is 32.6 Å². The first-order chi connectivity index (χ1) is 13.8. The fourth-order valence-corrected chi connectivity index (χ4v) is 4.27. The third-order valence-electron chi connectivity index (χ3n) is 4.86. The van der Waals surface area contributed by atoms with Crippen molar-refractivity contribution in [3.05, 3.63) is 41.2 Å². The molecule has 2 heterocycles. The van der Waals surface area contributed by atoms with Crippen molar-refractivity contribution < 1.29 is 13.6 Å². The number of fused-ring (bicyclic) bond motifs is 1. The zero-order valence-electron chi connectivity index (χ0n) is 17.1. The molecular formula is C20H25F2N5OS. The molecule has 29 heavy (non-hydrogen) atoms. The van der Waals surface area contributed by atoms with Gasteiger partial charge in [0.05, 0.1) is 10.4 Å². The van der Waals surface area contributed by atoms with Gasteiger partial charge in [-0.3, -0.25) is 14.4 Å². The number of carbonyl (C=O) groups excluding carboxylic acids is 1. The third kappa shape index (κ3) is 4.79. The molecule has 0 radical (unpaired) electrons. The lowest BCUT2D eigenvalue weighted by Crippen LogP contribution is -2.40. The number of amides is 1. The molecule has 0 aliphatic carbocycles. The van der Waals surface area contributed by atoms with Crippen molar-refractivity contribution in [3.8, 4) is 0 Å². The Hall–Kier alpha value is -2.39. The number of carbonyl (C=O) groups is 1. The Morgan fingerprint density at radius 1 is 1.14 bits per heavy atom. The molecule has 0 aliphatic heterocycles. The molecule has 3 rings (SSSR count). The van der Waals surface area contributed by atoms with Crippen LogP contribution in [0, 0.1) is 25.5 Å². The highest BCUT2D eigenvalue weighted by Gasteiger charge is 2.23. The Kier molecular flexibility index (Phi) is 6.59. The van der Waals surface area contributed by atoms with Crippen LogP contribution in [0.25, 0.3) is 10.2 Å². The lowest BCUT2D eigenvalue weighted by Gasteiger charge is -2.24. The van der Waals surface area contributed by atoms with E-state index in [1.54, 1.807) is 9.58 Å². The molecule has 156 valence electrons. The van der Waals surface area contributed by atoms with E-state index in [1.807, 2.05) is 19.9 Å². The first-order valence-electron chi connectivity index (χ1n) is 9.61. The Morgan fingerprint density at radius 2 is 1.86 bits per heavy atom. The summed E-state index contributed by atoms with van der Waals surface area (Å²) in [4.78, 5) is 21.2. The topological polar surface area (TPSA) is 54.3 Å². The molecule has 0 saturated heterocycles. The molecule has 0 aliphatic rings. The molecule has 0 bridgehead atoms. The summed E-state index contributed by atoms with van der Waals surface area (Å²) in [5, 5.41) is 4.72. The van der Waals surface area contributed by atoms with Crippen molar-refractivity contribution in [2.75, 3.05) is 31.1 Å². The summed E-state index contributed by atoms with van der Waals surface area (Å²) in [6.45, 7) is 10.7. The Bertz CT molecular complexity index is 1010. The number of aromatic nitrogens is 3. The molecule has 0 atom stereocenters. The molecule has 1 amide bonds. The number of nitrogens with zero attached hydrogens (tertiary/aromatic N) is 5. The van der Waals surface area contributed by atoms with Crippen molar-refractivity contribution in [2.45, 2.75) is 34.2 Å². The van der Waals surface area contributed by atoms with Crippen LogP contribution in [0.15, 0.2) is 18.2 Å². The largest absolute Gasteiger partial charge is 0.302 e. The molecule has 1 aromatic carbocycles. The highest BCUT2D eigenvalue weighted by molar-refractivity contribution is 7.22. The van der Waals surface area contributed by atoms with Crippen LogP contribution in [-0.4, -0.2) is 51.8 Å². The van der Waals surface area contributed by atoms with E-state index in [0.29, 0.717) is 22.9 Å². The van der Waals surface area contributed by atoms with Crippen LogP contribution in [-0.2, 0) is 11.3 Å². The van der Waals surface area contributed by atoms with Gasteiger partial charge in [-0.05, 0) is 39.1 Å². The van der Waals surface area contributed by atoms with Gasteiger partial charge >= 0.3 is 0 Å². The summed E-state index contributed by atoms with van der Waals surface area (Å²) in [7, 11) is 0. The summed E-state index contributed by atoms with van der Waals surface area (Å²) in [5.41, 5.74) is 1.80. The highest BCUT2D eigenvalue weighted by Crippen LogP contribution is 2.31. The van der Waals surface area contributed by atoms with Crippen LogP contribution in [0.3, 0.4) is 0 Å². The lowest BCUT2D eigenvalue weighted by molar-refractivity contribution is -0.119. The Balaban J connectivity index is 1.92. The van der Waals surface area contributed by atoms with Gasteiger partial charge < -0.3 is 4.90 Å². The van der Waals surface area contributed by atoms with Crippen LogP contribution in [0.5, 0.6) is 0 Å². The molecule has 0 spiro atoms. The van der Waals surface area contributed by atoms with E-state index in [0.717, 1.165) is 41.9 Å². The lowest BCUT2D eigenvalue weighted by atomic mass is 10.3. The summed E-state index contributed by atoms with van der Waals surface area (Å²) >= 11 is 1.11. The van der Waals surface area contributed by atoms with Crippen molar-refractivity contribution in [3.63, 3.8) is 0 Å². The minimum Gasteiger partial charge on any atom is -0.302 e. The highest BCUT2D eigenvalue weighted by atomic mass is 32.1. The van der Waals surface area contributed by atoms with E-state index in [9.17, 15) is 13.6 Å². The summed E-state index contributed by atoms with van der Waals surface area (Å²) < 4.78 is 29.7. The molecule has 0 saturated carbocycles. The van der Waals surface area contributed by atoms with Gasteiger partial charge in [-0.2, -0.15) is 5.10 Å². The average molecular weight is 422 g/mol. The number of thiazole rings is 1. The van der Waals surface area contributed by atoms with Crippen LogP contribution in [0.2, 0.25) is 0 Å². The Labute approximate surface area is 172 Å². The maximum atomic E-state index is 14.1. The van der Waals surface area contributed by atoms with Crippen molar-refractivity contribution in [2.24, 2.45) is 0 Å². The van der Waals surface area contributed by atoms with Gasteiger partial charge in [0, 0.05) is 24.8 Å². The average Bonchev–Trinajstić information content (AvgIpc) is 3.21. The summed E-state index contributed by atoms with van der Waals surface area (Å²) in [6, 6.07) is 3.96. The second-order valence-corrected chi connectivity index (χ2v) is 7.90. The van der Waals surface area contributed by atoms with Crippen LogP contribution < -0.4 is 4.90 Å². The van der Waals surface area contributed by atoms with Crippen LogP contribution in [0.1, 0.15) is 25.2 Å². The molecule has 0 N–H and O–H groups in total. The Morgan fingerprint density at radius 3 is 2.48 bits per heavy atom. The normalized spacial score (nSPS) is 11.6. The zero-order valence-corrected chi connectivity index (χ0v) is 17.9. The maximum Gasteiger partial charge on any atom is 0.250 e. The number of rotatable bonds is 8. The van der Waals surface area contributed by atoms with E-state index in [2.05, 4.69) is 28.8 Å². The zero-order chi connectivity index (χ0) is 21.1. The molecule has 0 fully saturated rings. The maximum absolute atomic E-state index is 14.1. The van der Waals surface area contributed by atoms with Crippen LogP contribution in [0.4, 0.5) is 13.9 Å². The second-order valence-electron chi connectivity index (χ2n) is 6.89. The number of hydrogen-bond acceptors (Lipinski definition) is 5. The van der Waals surface area contributed by atoms with Crippen molar-refractivity contribution in [1.29, 1.82) is 0 Å². The number of aryl methyl sites for hydroxylation is 2. The number of hydrogen-bond donors (Lipinski definition) is 0. The summed E-state index contributed by atoms with van der Waals surface area (Å²) in [5.74, 6) is -1.57. The smallest absolute Gasteiger partial charge is 0.250 e. The second kappa shape index (κ2) is 8.96. The monoisotopic (exact) mass is 421 g/mol. The quantitative estimate of drug-likeness (QED) is 0.556. The molecule has 3 aromatic rings. The SMILES string of the molecule is CCN(CC)CCN(C(=O)Cn1nc(C)cc1C)c1nc2c(F)cc(F)cc2s1. The molecule has 0 unspecified atom stereocenters. The number of anilines is 1. The van der Waals surface area contributed by atoms with E-state index >= 15 is 0 Å². The van der Waals surface area contributed by atoms with Gasteiger partial charge in [0.15, 0.2) is 10.9 Å². The van der Waals surface area contributed by atoms with Gasteiger partial charge in [0.25, 0.3) is 5.91 Å². The van der Waals surface area contributed by atoms with E-state index in [1.165, 1.54) is 6.07 Å².